The summed E-state index contributed by atoms with van der Waals surface area (Å²) in [4.78, 5) is 14.7. The smallest absolute Gasteiger partial charge is 0.165 e. The van der Waals surface area contributed by atoms with Crippen molar-refractivity contribution in [2.75, 3.05) is 6.54 Å². The molecule has 184 valence electrons. The molecule has 5 aromatic rings. The normalized spacial score (nSPS) is 13.5. The van der Waals surface area contributed by atoms with Gasteiger partial charge in [-0.15, -0.1) is 0 Å². The number of benzene rings is 2. The molecule has 0 saturated carbocycles. The van der Waals surface area contributed by atoms with Crippen molar-refractivity contribution >= 4 is 10.9 Å². The number of fused-ring (bicyclic) bond motifs is 2. The van der Waals surface area contributed by atoms with Crippen LogP contribution in [0.2, 0.25) is 0 Å². The van der Waals surface area contributed by atoms with Crippen LogP contribution >= 0.6 is 0 Å². The molecular weight excluding hydrogens is 469 g/mol. The highest BCUT2D eigenvalue weighted by molar-refractivity contribution is 5.94. The number of aryl methyl sites for hydroxylation is 1. The van der Waals surface area contributed by atoms with Crippen LogP contribution in [0.15, 0.2) is 48.7 Å². The minimum atomic E-state index is -0.637. The van der Waals surface area contributed by atoms with Crippen molar-refractivity contribution in [3.05, 3.63) is 82.7 Å². The molecule has 3 N–H and O–H groups in total. The second-order valence-corrected chi connectivity index (χ2v) is 9.28. The number of phenols is 1. The summed E-state index contributed by atoms with van der Waals surface area (Å²) < 4.78 is 14.1. The molecule has 8 nitrogen and oxygen atoms in total. The van der Waals surface area contributed by atoms with E-state index in [0.717, 1.165) is 69.7 Å². The van der Waals surface area contributed by atoms with E-state index in [9.17, 15) is 9.50 Å². The largest absolute Gasteiger partial charge is 0.505 e. The molecule has 6 rings (SSSR count). The third kappa shape index (κ3) is 4.21. The van der Waals surface area contributed by atoms with E-state index in [1.807, 2.05) is 37.3 Å². The number of pyridine rings is 1. The molecule has 0 bridgehead atoms. The van der Waals surface area contributed by atoms with Gasteiger partial charge in [0.1, 0.15) is 17.5 Å². The fourth-order valence-corrected chi connectivity index (χ4v) is 5.02. The average Bonchev–Trinajstić information content (AvgIpc) is 3.53. The monoisotopic (exact) mass is 493 g/mol. The Morgan fingerprint density at radius 1 is 1.19 bits per heavy atom. The standard InChI is InChI=1S/C28H24FN7O/c1-2-17-11-26(37)22(29)12-21(17)18-3-4-20-24(10-18)34-35-27(20)28-32-23-6-8-36(15-25(23)33-28)14-16-5-7-31-19(9-16)13-30/h3-5,7,9-12,37H,2,6,8,14-15H2,1H3,(H,32,33)(H,34,35). The summed E-state index contributed by atoms with van der Waals surface area (Å²) in [6.45, 7) is 4.29. The minimum absolute atomic E-state index is 0.335. The number of nitrogens with zero attached hydrogens (tertiary/aromatic N) is 5. The number of aromatic hydroxyl groups is 1. The maximum atomic E-state index is 14.1. The van der Waals surface area contributed by atoms with Crippen molar-refractivity contribution < 1.29 is 9.50 Å². The molecule has 1 aliphatic heterocycles. The molecule has 1 aliphatic rings. The van der Waals surface area contributed by atoms with Crippen LogP contribution in [0.3, 0.4) is 0 Å². The van der Waals surface area contributed by atoms with Gasteiger partial charge in [-0.3, -0.25) is 10.00 Å². The van der Waals surface area contributed by atoms with E-state index in [0.29, 0.717) is 24.5 Å². The first kappa shape index (κ1) is 22.9. The number of H-pyrrole nitrogens is 2. The van der Waals surface area contributed by atoms with Crippen molar-refractivity contribution in [2.45, 2.75) is 32.9 Å². The maximum absolute atomic E-state index is 14.1. The van der Waals surface area contributed by atoms with E-state index >= 15 is 0 Å². The number of hydrogen-bond donors (Lipinski definition) is 3. The highest BCUT2D eigenvalue weighted by Crippen LogP contribution is 2.34. The van der Waals surface area contributed by atoms with Gasteiger partial charge in [-0.1, -0.05) is 13.0 Å². The van der Waals surface area contributed by atoms with E-state index in [2.05, 4.69) is 31.1 Å². The van der Waals surface area contributed by atoms with Gasteiger partial charge < -0.3 is 10.1 Å². The highest BCUT2D eigenvalue weighted by Gasteiger charge is 2.23. The van der Waals surface area contributed by atoms with Crippen LogP contribution in [0.25, 0.3) is 33.5 Å². The fourth-order valence-electron chi connectivity index (χ4n) is 5.02. The van der Waals surface area contributed by atoms with E-state index < -0.39 is 5.82 Å². The molecule has 37 heavy (non-hydrogen) atoms. The summed E-state index contributed by atoms with van der Waals surface area (Å²) in [7, 11) is 0. The average molecular weight is 494 g/mol. The summed E-state index contributed by atoms with van der Waals surface area (Å²) in [6.07, 6.45) is 3.19. The van der Waals surface area contributed by atoms with E-state index in [4.69, 9.17) is 10.2 Å². The quantitative estimate of drug-likeness (QED) is 0.322. The van der Waals surface area contributed by atoms with Gasteiger partial charge in [-0.05, 0) is 65.1 Å². The zero-order chi connectivity index (χ0) is 25.5. The SMILES string of the molecule is CCc1cc(O)c(F)cc1-c1ccc2c(-c3nc4c([nH]3)CCN(Cc3ccnc(C#N)c3)C4)n[nH]c2c1. The lowest BCUT2D eigenvalue weighted by Gasteiger charge is -2.25. The maximum Gasteiger partial charge on any atom is 0.165 e. The highest BCUT2D eigenvalue weighted by atomic mass is 19.1. The molecule has 4 heterocycles. The molecule has 0 amide bonds. The van der Waals surface area contributed by atoms with E-state index in [-0.39, 0.29) is 5.75 Å². The van der Waals surface area contributed by atoms with Crippen molar-refractivity contribution in [1.29, 1.82) is 5.26 Å². The minimum Gasteiger partial charge on any atom is -0.505 e. The van der Waals surface area contributed by atoms with Gasteiger partial charge in [-0.25, -0.2) is 14.4 Å². The van der Waals surface area contributed by atoms with Crippen LogP contribution in [0.4, 0.5) is 4.39 Å². The Labute approximate surface area is 212 Å². The molecule has 2 aromatic carbocycles. The molecule has 0 fully saturated rings. The molecule has 0 aliphatic carbocycles. The third-order valence-electron chi connectivity index (χ3n) is 6.91. The number of aromatic nitrogens is 5. The summed E-state index contributed by atoms with van der Waals surface area (Å²) in [5.41, 5.74) is 7.62. The topological polar surface area (TPSA) is 118 Å². The molecule has 3 aromatic heterocycles. The first-order valence-corrected chi connectivity index (χ1v) is 12.2. The van der Waals surface area contributed by atoms with Gasteiger partial charge in [0.25, 0.3) is 0 Å². The number of hydrogen-bond acceptors (Lipinski definition) is 6. The second kappa shape index (κ2) is 9.15. The van der Waals surface area contributed by atoms with Gasteiger partial charge in [0.15, 0.2) is 17.4 Å². The third-order valence-corrected chi connectivity index (χ3v) is 6.91. The van der Waals surface area contributed by atoms with Crippen LogP contribution in [0, 0.1) is 17.1 Å². The Morgan fingerprint density at radius 3 is 2.92 bits per heavy atom. The summed E-state index contributed by atoms with van der Waals surface area (Å²) in [5.74, 6) is -0.257. The van der Waals surface area contributed by atoms with E-state index in [1.165, 1.54) is 12.1 Å². The molecule has 0 spiro atoms. The lowest BCUT2D eigenvalue weighted by molar-refractivity contribution is 0.241. The number of halogens is 1. The number of phenolic OH excluding ortho intramolecular Hbond substituents is 1. The second-order valence-electron chi connectivity index (χ2n) is 9.28. The van der Waals surface area contributed by atoms with Crippen LogP contribution in [0.5, 0.6) is 5.75 Å². The zero-order valence-corrected chi connectivity index (χ0v) is 20.2. The van der Waals surface area contributed by atoms with Crippen LogP contribution in [-0.2, 0) is 25.9 Å². The van der Waals surface area contributed by atoms with Crippen molar-refractivity contribution in [3.63, 3.8) is 0 Å². The van der Waals surface area contributed by atoms with Gasteiger partial charge >= 0.3 is 0 Å². The lowest BCUT2D eigenvalue weighted by atomic mass is 9.96. The predicted octanol–water partition coefficient (Wildman–Crippen LogP) is 4.85. The Balaban J connectivity index is 1.27. The Kier molecular flexibility index (Phi) is 5.66. The van der Waals surface area contributed by atoms with Crippen LogP contribution in [0.1, 0.15) is 35.1 Å². The van der Waals surface area contributed by atoms with Crippen LogP contribution < -0.4 is 0 Å². The first-order chi connectivity index (χ1) is 18.0. The molecule has 0 saturated heterocycles. The van der Waals surface area contributed by atoms with Gasteiger partial charge in [0.2, 0.25) is 0 Å². The Hall–Kier alpha value is -4.55. The van der Waals surface area contributed by atoms with Gasteiger partial charge in [-0.2, -0.15) is 10.4 Å². The van der Waals surface area contributed by atoms with Crippen LogP contribution in [-0.4, -0.2) is 41.7 Å². The molecule has 9 heteroatoms. The Bertz CT molecular complexity index is 1680. The van der Waals surface area contributed by atoms with Gasteiger partial charge in [0.05, 0.1) is 11.2 Å². The zero-order valence-electron chi connectivity index (χ0n) is 20.2. The molecule has 0 atom stereocenters. The van der Waals surface area contributed by atoms with E-state index in [1.54, 1.807) is 6.20 Å². The van der Waals surface area contributed by atoms with Crippen molar-refractivity contribution in [3.8, 4) is 34.5 Å². The lowest BCUT2D eigenvalue weighted by Crippen LogP contribution is -2.30. The first-order valence-electron chi connectivity index (χ1n) is 12.2. The number of aromatic amines is 2. The summed E-state index contributed by atoms with van der Waals surface area (Å²) >= 11 is 0. The number of nitrogens with one attached hydrogen (secondary N) is 2. The summed E-state index contributed by atoms with van der Waals surface area (Å²) in [5, 5.41) is 27.4. The molecular formula is C28H24FN7O. The number of imidazole rings is 1. The van der Waals surface area contributed by atoms with Crippen molar-refractivity contribution in [2.24, 2.45) is 0 Å². The predicted molar refractivity (Wildman–Crippen MR) is 137 cm³/mol. The fraction of sp³-hybridized carbons (Fsp3) is 0.214. The van der Waals surface area contributed by atoms with Crippen molar-refractivity contribution in [1.82, 2.24) is 30.0 Å². The molecule has 0 radical (unpaired) electrons. The number of rotatable bonds is 5. The summed E-state index contributed by atoms with van der Waals surface area (Å²) in [6, 6.07) is 14.6. The molecule has 0 unspecified atom stereocenters. The van der Waals surface area contributed by atoms with Gasteiger partial charge in [0, 0.05) is 43.3 Å². The Morgan fingerprint density at radius 2 is 2.08 bits per heavy atom. The number of nitriles is 1.